The standard InChI is InChI=1S/C53H37N3O/c1-52(30-28-37(29-31-52)35-13-4-2-5-14-35)49-34-46(55-51(56-49)39-15-6-3-7-16-39)38-24-22-36(23-25-38)40-26-27-41-42-17-12-32-54-50(42)53(45(41)33-40)43-18-8-10-20-47(43)57-48-21-11-9-19-44(48)53/h2-30,32-34H,31H2,1H3. The van der Waals surface area contributed by atoms with Gasteiger partial charge in [-0.3, -0.25) is 4.98 Å². The molecule has 3 aliphatic rings. The van der Waals surface area contributed by atoms with E-state index in [0.29, 0.717) is 0 Å². The number of nitrogens with zero attached hydrogens (tertiary/aromatic N) is 3. The molecule has 0 radical (unpaired) electrons. The molecule has 4 nitrogen and oxygen atoms in total. The number of benzene rings is 6. The molecule has 1 unspecified atom stereocenters. The zero-order valence-electron chi connectivity index (χ0n) is 31.4. The number of ether oxygens (including phenoxy) is 1. The number of hydrogen-bond acceptors (Lipinski definition) is 4. The van der Waals surface area contributed by atoms with Gasteiger partial charge in [0.15, 0.2) is 5.82 Å². The van der Waals surface area contributed by atoms with E-state index in [1.54, 1.807) is 0 Å². The van der Waals surface area contributed by atoms with Crippen LogP contribution in [0.5, 0.6) is 11.5 Å². The molecule has 1 spiro atoms. The summed E-state index contributed by atoms with van der Waals surface area (Å²) in [7, 11) is 0. The summed E-state index contributed by atoms with van der Waals surface area (Å²) in [6.07, 6.45) is 9.64. The lowest BCUT2D eigenvalue weighted by molar-refractivity contribution is 0.434. The molecule has 3 heterocycles. The average molecular weight is 732 g/mol. The minimum absolute atomic E-state index is 0.284. The molecule has 1 aliphatic heterocycles. The van der Waals surface area contributed by atoms with Crippen molar-refractivity contribution in [3.05, 3.63) is 228 Å². The fourth-order valence-corrected chi connectivity index (χ4v) is 9.06. The quantitative estimate of drug-likeness (QED) is 0.177. The van der Waals surface area contributed by atoms with Crippen LogP contribution >= 0.6 is 0 Å². The largest absolute Gasteiger partial charge is 0.457 e. The minimum Gasteiger partial charge on any atom is -0.457 e. The van der Waals surface area contributed by atoms with Gasteiger partial charge in [0.1, 0.15) is 11.5 Å². The van der Waals surface area contributed by atoms with E-state index in [1.807, 2.05) is 42.6 Å². The Kier molecular flexibility index (Phi) is 7.55. The Balaban J connectivity index is 1.00. The van der Waals surface area contributed by atoms with Crippen LogP contribution < -0.4 is 4.74 Å². The summed E-state index contributed by atoms with van der Waals surface area (Å²) in [6, 6.07) is 59.8. The van der Waals surface area contributed by atoms with Crippen LogP contribution in [-0.2, 0) is 10.8 Å². The maximum Gasteiger partial charge on any atom is 0.160 e. The van der Waals surface area contributed by atoms with Gasteiger partial charge in [-0.1, -0.05) is 165 Å². The average Bonchev–Trinajstić information content (AvgIpc) is 3.57. The molecule has 0 fully saturated rings. The number of allylic oxidation sites excluding steroid dienone is 4. The summed E-state index contributed by atoms with van der Waals surface area (Å²) in [5.41, 5.74) is 14.6. The van der Waals surface area contributed by atoms with Gasteiger partial charge in [0.05, 0.1) is 22.5 Å². The first-order valence-electron chi connectivity index (χ1n) is 19.6. The van der Waals surface area contributed by atoms with Crippen molar-refractivity contribution in [3.8, 4) is 56.4 Å². The normalized spacial score (nSPS) is 16.8. The van der Waals surface area contributed by atoms with E-state index in [4.69, 9.17) is 19.7 Å². The van der Waals surface area contributed by atoms with E-state index in [2.05, 4.69) is 159 Å². The number of pyridine rings is 1. The second kappa shape index (κ2) is 13.0. The zero-order valence-corrected chi connectivity index (χ0v) is 31.4. The molecule has 0 bridgehead atoms. The highest BCUT2D eigenvalue weighted by Gasteiger charge is 2.52. The van der Waals surface area contributed by atoms with E-state index >= 15 is 0 Å². The molecule has 2 aromatic heterocycles. The van der Waals surface area contributed by atoms with Gasteiger partial charge >= 0.3 is 0 Å². The first kappa shape index (κ1) is 33.2. The predicted molar refractivity (Wildman–Crippen MR) is 229 cm³/mol. The van der Waals surface area contributed by atoms with E-state index in [0.717, 1.165) is 79.8 Å². The van der Waals surface area contributed by atoms with Gasteiger partial charge in [0, 0.05) is 39.4 Å². The molecule has 6 aromatic carbocycles. The molecule has 0 N–H and O–H groups in total. The van der Waals surface area contributed by atoms with Gasteiger partial charge in [-0.05, 0) is 70.1 Å². The number of rotatable bonds is 5. The maximum atomic E-state index is 6.53. The summed E-state index contributed by atoms with van der Waals surface area (Å²) in [5, 5.41) is 0. The molecular weight excluding hydrogens is 695 g/mol. The highest BCUT2D eigenvalue weighted by Crippen LogP contribution is 2.61. The van der Waals surface area contributed by atoms with E-state index in [9.17, 15) is 0 Å². The van der Waals surface area contributed by atoms with Gasteiger partial charge in [-0.2, -0.15) is 0 Å². The lowest BCUT2D eigenvalue weighted by atomic mass is 9.67. The van der Waals surface area contributed by atoms with Crippen molar-refractivity contribution in [2.75, 3.05) is 0 Å². The van der Waals surface area contributed by atoms with Crippen LogP contribution in [0.15, 0.2) is 194 Å². The van der Waals surface area contributed by atoms with Gasteiger partial charge < -0.3 is 4.74 Å². The summed E-state index contributed by atoms with van der Waals surface area (Å²) in [4.78, 5) is 15.5. The molecule has 8 aromatic rings. The molecule has 2 aliphatic carbocycles. The fourth-order valence-electron chi connectivity index (χ4n) is 9.06. The minimum atomic E-state index is -0.612. The third kappa shape index (κ3) is 5.25. The van der Waals surface area contributed by atoms with Crippen molar-refractivity contribution in [1.82, 2.24) is 15.0 Å². The summed E-state index contributed by atoms with van der Waals surface area (Å²) >= 11 is 0. The third-order valence-corrected chi connectivity index (χ3v) is 12.0. The van der Waals surface area contributed by atoms with Gasteiger partial charge in [0.2, 0.25) is 0 Å². The first-order valence-corrected chi connectivity index (χ1v) is 19.6. The lowest BCUT2D eigenvalue weighted by Gasteiger charge is -2.38. The molecule has 0 amide bonds. The predicted octanol–water partition coefficient (Wildman–Crippen LogP) is 12.6. The van der Waals surface area contributed by atoms with Crippen molar-refractivity contribution in [2.24, 2.45) is 0 Å². The van der Waals surface area contributed by atoms with E-state index in [-0.39, 0.29) is 5.41 Å². The monoisotopic (exact) mass is 731 g/mol. The number of aromatic nitrogens is 3. The maximum absolute atomic E-state index is 6.53. The van der Waals surface area contributed by atoms with Crippen molar-refractivity contribution >= 4 is 5.57 Å². The van der Waals surface area contributed by atoms with Crippen LogP contribution in [0.1, 0.15) is 47.0 Å². The number of fused-ring (bicyclic) bond motifs is 9. The lowest BCUT2D eigenvalue weighted by Crippen LogP contribution is -2.33. The Morgan fingerprint density at radius 1 is 0.526 bits per heavy atom. The topological polar surface area (TPSA) is 47.9 Å². The molecule has 270 valence electrons. The number of hydrogen-bond donors (Lipinski definition) is 0. The van der Waals surface area contributed by atoms with Gasteiger partial charge in [0.25, 0.3) is 0 Å². The second-order valence-electron chi connectivity index (χ2n) is 15.4. The SMILES string of the molecule is CC1(c2cc(-c3ccc(-c4ccc5c(c4)C4(c6ccccc6Oc6ccccc64)c4ncccc4-5)cc3)nc(-c3ccccc3)n2)C=CC(c2ccccc2)=CC1. The van der Waals surface area contributed by atoms with Crippen molar-refractivity contribution in [1.29, 1.82) is 0 Å². The Morgan fingerprint density at radius 2 is 1.18 bits per heavy atom. The molecule has 11 rings (SSSR count). The fraction of sp³-hybridized carbons (Fsp3) is 0.0755. The highest BCUT2D eigenvalue weighted by molar-refractivity contribution is 5.89. The summed E-state index contributed by atoms with van der Waals surface area (Å²) in [5.74, 6) is 2.45. The van der Waals surface area contributed by atoms with Gasteiger partial charge in [-0.15, -0.1) is 0 Å². The van der Waals surface area contributed by atoms with Crippen molar-refractivity contribution in [2.45, 2.75) is 24.2 Å². The Labute approximate surface area is 332 Å². The third-order valence-electron chi connectivity index (χ3n) is 12.0. The molecule has 0 saturated heterocycles. The highest BCUT2D eigenvalue weighted by atomic mass is 16.5. The van der Waals surface area contributed by atoms with Crippen LogP contribution in [0, 0.1) is 0 Å². The van der Waals surface area contributed by atoms with Crippen LogP contribution in [0.2, 0.25) is 0 Å². The smallest absolute Gasteiger partial charge is 0.160 e. The number of para-hydroxylation sites is 2. The Morgan fingerprint density at radius 3 is 1.88 bits per heavy atom. The van der Waals surface area contributed by atoms with Crippen LogP contribution in [-0.4, -0.2) is 15.0 Å². The summed E-state index contributed by atoms with van der Waals surface area (Å²) < 4.78 is 6.53. The molecular formula is C53H37N3O. The van der Waals surface area contributed by atoms with Crippen molar-refractivity contribution < 1.29 is 4.74 Å². The Bertz CT molecular complexity index is 2870. The second-order valence-corrected chi connectivity index (χ2v) is 15.4. The Hall–Kier alpha value is -7.17. The van der Waals surface area contributed by atoms with Crippen molar-refractivity contribution in [3.63, 3.8) is 0 Å². The summed E-state index contributed by atoms with van der Waals surface area (Å²) in [6.45, 7) is 2.27. The van der Waals surface area contributed by atoms with E-state index < -0.39 is 5.41 Å². The van der Waals surface area contributed by atoms with Crippen LogP contribution in [0.4, 0.5) is 0 Å². The molecule has 1 atom stereocenters. The van der Waals surface area contributed by atoms with Crippen LogP contribution in [0.25, 0.3) is 50.5 Å². The van der Waals surface area contributed by atoms with Gasteiger partial charge in [-0.25, -0.2) is 9.97 Å². The first-order chi connectivity index (χ1) is 28.1. The molecule has 4 heteroatoms. The molecule has 0 saturated carbocycles. The van der Waals surface area contributed by atoms with Crippen LogP contribution in [0.3, 0.4) is 0 Å². The van der Waals surface area contributed by atoms with E-state index in [1.165, 1.54) is 22.3 Å². The zero-order chi connectivity index (χ0) is 38.0. The molecule has 57 heavy (non-hydrogen) atoms.